The van der Waals surface area contributed by atoms with Crippen molar-refractivity contribution in [2.24, 2.45) is 0 Å². The fourth-order valence-corrected chi connectivity index (χ4v) is 5.71. The number of sulfonamides is 1. The van der Waals surface area contributed by atoms with Crippen molar-refractivity contribution in [2.75, 3.05) is 23.7 Å². The zero-order valence-corrected chi connectivity index (χ0v) is 25.3. The van der Waals surface area contributed by atoms with E-state index in [0.717, 1.165) is 40.1 Å². The summed E-state index contributed by atoms with van der Waals surface area (Å²) in [5.41, 5.74) is 2.87. The molecule has 0 unspecified atom stereocenters. The Labute approximate surface area is 247 Å². The van der Waals surface area contributed by atoms with E-state index < -0.39 is 28.5 Å². The van der Waals surface area contributed by atoms with Crippen LogP contribution in [0.3, 0.4) is 0 Å². The van der Waals surface area contributed by atoms with Gasteiger partial charge in [0.2, 0.25) is 21.8 Å². The van der Waals surface area contributed by atoms with E-state index in [1.807, 2.05) is 68.4 Å². The van der Waals surface area contributed by atoms with Crippen LogP contribution in [0, 0.1) is 6.92 Å². The molecule has 0 aliphatic carbocycles. The van der Waals surface area contributed by atoms with Gasteiger partial charge in [-0.15, -0.1) is 0 Å². The Morgan fingerprint density at radius 2 is 1.57 bits per heavy atom. The zero-order chi connectivity index (χ0) is 29.3. The van der Waals surface area contributed by atoms with Crippen LogP contribution in [-0.2, 0) is 32.6 Å². The molecule has 0 aromatic heterocycles. The lowest BCUT2D eigenvalue weighted by Gasteiger charge is -2.33. The Kier molecular flexibility index (Phi) is 11.4. The first-order valence-electron chi connectivity index (χ1n) is 13.1. The highest BCUT2D eigenvalue weighted by Gasteiger charge is 2.33. The Balaban J connectivity index is 2.05. The van der Waals surface area contributed by atoms with Crippen LogP contribution < -0.4 is 9.62 Å². The number of amides is 2. The quantitative estimate of drug-likeness (QED) is 0.257. The molecule has 0 aliphatic rings. The number of nitrogens with zero attached hydrogens (tertiary/aromatic N) is 2. The maximum Gasteiger partial charge on any atom is 0.244 e. The average Bonchev–Trinajstić information content (AvgIpc) is 2.88. The minimum absolute atomic E-state index is 0.118. The summed E-state index contributed by atoms with van der Waals surface area (Å²) in [6.07, 6.45) is 2.98. The SMILES string of the molecule is CCCCNC(=O)[C@H](Cc1ccccc1)N(Cc1cccc(C)c1)C(=O)CN(c1cc(Cl)cc(Cl)c1)S(C)(=O)=O. The van der Waals surface area contributed by atoms with Crippen LogP contribution in [0.2, 0.25) is 10.0 Å². The number of aryl methyl sites for hydroxylation is 1. The first-order chi connectivity index (χ1) is 19.0. The third-order valence-corrected chi connectivity index (χ3v) is 7.93. The molecule has 0 aliphatic heterocycles. The van der Waals surface area contributed by atoms with E-state index in [-0.39, 0.29) is 34.6 Å². The molecule has 0 saturated heterocycles. The molecular formula is C30H35Cl2N3O4S. The van der Waals surface area contributed by atoms with Crippen molar-refractivity contribution < 1.29 is 18.0 Å². The fourth-order valence-electron chi connectivity index (χ4n) is 4.36. The van der Waals surface area contributed by atoms with Gasteiger partial charge in [0.1, 0.15) is 12.6 Å². The first-order valence-corrected chi connectivity index (χ1v) is 15.7. The number of anilines is 1. The fraction of sp³-hybridized carbons (Fsp3) is 0.333. The Morgan fingerprint density at radius 1 is 0.925 bits per heavy atom. The average molecular weight is 605 g/mol. The number of unbranched alkanes of at least 4 members (excludes halogenated alkanes) is 1. The minimum atomic E-state index is -3.91. The smallest absolute Gasteiger partial charge is 0.244 e. The van der Waals surface area contributed by atoms with Crippen LogP contribution in [0.1, 0.15) is 36.5 Å². The number of rotatable bonds is 13. The van der Waals surface area contributed by atoms with Crippen molar-refractivity contribution in [2.45, 2.75) is 45.7 Å². The molecule has 0 saturated carbocycles. The third-order valence-electron chi connectivity index (χ3n) is 6.35. The lowest BCUT2D eigenvalue weighted by atomic mass is 10.0. The van der Waals surface area contributed by atoms with E-state index in [1.54, 1.807) is 0 Å². The molecule has 0 fully saturated rings. The third kappa shape index (κ3) is 9.25. The molecule has 1 N–H and O–H groups in total. The standard InChI is InChI=1S/C30H35Cl2N3O4S/c1-4-5-14-33-30(37)28(16-23-11-7-6-8-12-23)34(20-24-13-9-10-22(2)15-24)29(36)21-35(40(3,38)39)27-18-25(31)17-26(32)19-27/h6-13,15,17-19,28H,4-5,14,16,20-21H2,1-3H3,(H,33,37)/t28-/m0/s1. The maximum absolute atomic E-state index is 14.1. The van der Waals surface area contributed by atoms with Gasteiger partial charge >= 0.3 is 0 Å². The Morgan fingerprint density at radius 3 is 2.17 bits per heavy atom. The highest BCUT2D eigenvalue weighted by Crippen LogP contribution is 2.27. The van der Waals surface area contributed by atoms with Gasteiger partial charge in [-0.25, -0.2) is 8.42 Å². The minimum Gasteiger partial charge on any atom is -0.354 e. The lowest BCUT2D eigenvalue weighted by molar-refractivity contribution is -0.140. The molecule has 0 heterocycles. The van der Waals surface area contributed by atoms with E-state index in [2.05, 4.69) is 5.32 Å². The number of halogens is 2. The first kappa shape index (κ1) is 31.5. The van der Waals surface area contributed by atoms with Gasteiger partial charge in [0.15, 0.2) is 0 Å². The van der Waals surface area contributed by atoms with Gasteiger partial charge in [0, 0.05) is 29.6 Å². The molecule has 2 amide bonds. The van der Waals surface area contributed by atoms with Gasteiger partial charge < -0.3 is 10.2 Å². The van der Waals surface area contributed by atoms with Gasteiger partial charge in [-0.3, -0.25) is 13.9 Å². The van der Waals surface area contributed by atoms with Crippen LogP contribution in [0.5, 0.6) is 0 Å². The highest BCUT2D eigenvalue weighted by atomic mass is 35.5. The molecule has 0 spiro atoms. The number of benzene rings is 3. The Bertz CT molecular complexity index is 1400. The second-order valence-electron chi connectivity index (χ2n) is 9.76. The molecule has 10 heteroatoms. The number of carbonyl (C=O) groups excluding carboxylic acids is 2. The largest absolute Gasteiger partial charge is 0.354 e. The van der Waals surface area contributed by atoms with E-state index in [4.69, 9.17) is 23.2 Å². The van der Waals surface area contributed by atoms with Gasteiger partial charge in [-0.1, -0.05) is 96.7 Å². The molecule has 0 bridgehead atoms. The topological polar surface area (TPSA) is 86.8 Å². The van der Waals surface area contributed by atoms with Crippen molar-refractivity contribution >= 4 is 50.7 Å². The van der Waals surface area contributed by atoms with Crippen LogP contribution in [0.15, 0.2) is 72.8 Å². The molecule has 214 valence electrons. The summed E-state index contributed by atoms with van der Waals surface area (Å²) in [5, 5.41) is 3.43. The van der Waals surface area contributed by atoms with Crippen molar-refractivity contribution in [3.8, 4) is 0 Å². The second-order valence-corrected chi connectivity index (χ2v) is 12.5. The molecule has 1 atom stereocenters. The van der Waals surface area contributed by atoms with E-state index in [9.17, 15) is 18.0 Å². The summed E-state index contributed by atoms with van der Waals surface area (Å²) < 4.78 is 26.7. The summed E-state index contributed by atoms with van der Waals surface area (Å²) >= 11 is 12.3. The summed E-state index contributed by atoms with van der Waals surface area (Å²) in [7, 11) is -3.91. The van der Waals surface area contributed by atoms with Crippen LogP contribution in [-0.4, -0.2) is 50.5 Å². The van der Waals surface area contributed by atoms with E-state index in [0.29, 0.717) is 6.54 Å². The monoisotopic (exact) mass is 603 g/mol. The summed E-state index contributed by atoms with van der Waals surface area (Å²) in [4.78, 5) is 29.1. The number of hydrogen-bond donors (Lipinski definition) is 1. The van der Waals surface area contributed by atoms with Crippen LogP contribution >= 0.6 is 23.2 Å². The predicted octanol–water partition coefficient (Wildman–Crippen LogP) is 5.62. The van der Waals surface area contributed by atoms with Crippen LogP contribution in [0.25, 0.3) is 0 Å². The molecule has 3 rings (SSSR count). The summed E-state index contributed by atoms with van der Waals surface area (Å²) in [6, 6.07) is 20.6. The van der Waals surface area contributed by atoms with Crippen molar-refractivity contribution in [1.82, 2.24) is 10.2 Å². The van der Waals surface area contributed by atoms with E-state index >= 15 is 0 Å². The zero-order valence-electron chi connectivity index (χ0n) is 22.9. The normalized spacial score (nSPS) is 12.0. The molecule has 7 nitrogen and oxygen atoms in total. The summed E-state index contributed by atoms with van der Waals surface area (Å²) in [5.74, 6) is -0.829. The molecule has 0 radical (unpaired) electrons. The lowest BCUT2D eigenvalue weighted by Crippen LogP contribution is -2.53. The molecule has 3 aromatic carbocycles. The molecular weight excluding hydrogens is 569 g/mol. The van der Waals surface area contributed by atoms with Gasteiger partial charge in [-0.05, 0) is 42.7 Å². The predicted molar refractivity (Wildman–Crippen MR) is 162 cm³/mol. The van der Waals surface area contributed by atoms with Crippen LogP contribution in [0.4, 0.5) is 5.69 Å². The van der Waals surface area contributed by atoms with Gasteiger partial charge in [-0.2, -0.15) is 0 Å². The van der Waals surface area contributed by atoms with Crippen molar-refractivity contribution in [3.63, 3.8) is 0 Å². The van der Waals surface area contributed by atoms with E-state index in [1.165, 1.54) is 23.1 Å². The second kappa shape index (κ2) is 14.5. The maximum atomic E-state index is 14.1. The Hall–Kier alpha value is -3.07. The number of nitrogens with one attached hydrogen (secondary N) is 1. The van der Waals surface area contributed by atoms with Crippen molar-refractivity contribution in [3.05, 3.63) is 99.5 Å². The van der Waals surface area contributed by atoms with Gasteiger partial charge in [0.25, 0.3) is 0 Å². The molecule has 3 aromatic rings. The highest BCUT2D eigenvalue weighted by molar-refractivity contribution is 7.92. The molecule has 40 heavy (non-hydrogen) atoms. The summed E-state index contributed by atoms with van der Waals surface area (Å²) in [6.45, 7) is 4.04. The number of hydrogen-bond acceptors (Lipinski definition) is 4. The van der Waals surface area contributed by atoms with Crippen molar-refractivity contribution in [1.29, 1.82) is 0 Å². The number of carbonyl (C=O) groups is 2. The van der Waals surface area contributed by atoms with Gasteiger partial charge in [0.05, 0.1) is 11.9 Å².